The summed E-state index contributed by atoms with van der Waals surface area (Å²) in [4.78, 5) is 20.3. The number of amides is 1. The molecule has 2 heterocycles. The second-order valence-corrected chi connectivity index (χ2v) is 6.72. The van der Waals surface area contributed by atoms with E-state index in [-0.39, 0.29) is 42.2 Å². The predicted octanol–water partition coefficient (Wildman–Crippen LogP) is 3.69. The molecular formula is C19H22ClF2IN4O3. The number of ether oxygens (including phenoxy) is 1. The van der Waals surface area contributed by atoms with Gasteiger partial charge in [-0.15, -0.1) is 24.0 Å². The van der Waals surface area contributed by atoms with Crippen LogP contribution < -0.4 is 10.1 Å². The Balaban J connectivity index is 0.00000320. The lowest BCUT2D eigenvalue weighted by molar-refractivity contribution is -0.0504. The number of rotatable bonds is 5. The second kappa shape index (κ2) is 11.3. The Labute approximate surface area is 195 Å². The van der Waals surface area contributed by atoms with Crippen LogP contribution in [0.1, 0.15) is 16.1 Å². The van der Waals surface area contributed by atoms with E-state index in [1.54, 1.807) is 30.1 Å². The number of furan rings is 1. The van der Waals surface area contributed by atoms with Crippen LogP contribution in [0.25, 0.3) is 0 Å². The molecule has 7 nitrogen and oxygen atoms in total. The van der Waals surface area contributed by atoms with Gasteiger partial charge in [0.05, 0.1) is 6.26 Å². The molecule has 1 aliphatic heterocycles. The quantitative estimate of drug-likeness (QED) is 0.347. The summed E-state index contributed by atoms with van der Waals surface area (Å²) in [6, 6.07) is 7.79. The Hall–Kier alpha value is -2.08. The van der Waals surface area contributed by atoms with Gasteiger partial charge < -0.3 is 24.3 Å². The van der Waals surface area contributed by atoms with Crippen LogP contribution in [0, 0.1) is 0 Å². The fourth-order valence-corrected chi connectivity index (χ4v) is 3.28. The standard InChI is InChI=1S/C19H21ClF2N4O3.HI/c1-23-19(24-12-13-11-14(20)4-5-15(13)29-18(21)22)26-8-6-25(7-9-26)17(27)16-3-2-10-28-16;/h2-5,10-11,18H,6-9,12H2,1H3,(H,23,24);1H. The lowest BCUT2D eigenvalue weighted by Crippen LogP contribution is -2.53. The van der Waals surface area contributed by atoms with E-state index in [2.05, 4.69) is 15.0 Å². The van der Waals surface area contributed by atoms with E-state index in [1.807, 2.05) is 4.90 Å². The van der Waals surface area contributed by atoms with E-state index in [4.69, 9.17) is 16.0 Å². The van der Waals surface area contributed by atoms with Crippen molar-refractivity contribution in [1.29, 1.82) is 0 Å². The Kier molecular flexibility index (Phi) is 9.15. The zero-order valence-corrected chi connectivity index (χ0v) is 19.3. The Bertz CT molecular complexity index is 859. The number of hydrogen-bond acceptors (Lipinski definition) is 4. The van der Waals surface area contributed by atoms with Crippen molar-refractivity contribution in [1.82, 2.24) is 15.1 Å². The van der Waals surface area contributed by atoms with Crippen LogP contribution in [-0.4, -0.2) is 61.5 Å². The van der Waals surface area contributed by atoms with Gasteiger partial charge in [0.2, 0.25) is 0 Å². The molecule has 1 aromatic carbocycles. The third kappa shape index (κ3) is 6.21. The molecule has 30 heavy (non-hydrogen) atoms. The summed E-state index contributed by atoms with van der Waals surface area (Å²) in [6.45, 7) is -0.548. The maximum atomic E-state index is 12.6. The minimum atomic E-state index is -2.92. The average molecular weight is 555 g/mol. The van der Waals surface area contributed by atoms with Crippen molar-refractivity contribution in [2.45, 2.75) is 13.2 Å². The Morgan fingerprint density at radius 3 is 2.57 bits per heavy atom. The smallest absolute Gasteiger partial charge is 0.387 e. The Morgan fingerprint density at radius 2 is 1.97 bits per heavy atom. The number of aliphatic imine (C=N–C) groups is 1. The van der Waals surface area contributed by atoms with Crippen LogP contribution in [0.3, 0.4) is 0 Å². The lowest BCUT2D eigenvalue weighted by Gasteiger charge is -2.36. The predicted molar refractivity (Wildman–Crippen MR) is 120 cm³/mol. The highest BCUT2D eigenvalue weighted by Gasteiger charge is 2.25. The topological polar surface area (TPSA) is 70.3 Å². The van der Waals surface area contributed by atoms with Crippen LogP contribution >= 0.6 is 35.6 Å². The minimum absolute atomic E-state index is 0. The molecule has 0 atom stereocenters. The normalized spacial score (nSPS) is 14.5. The van der Waals surface area contributed by atoms with Crippen LogP contribution in [0.2, 0.25) is 5.02 Å². The van der Waals surface area contributed by atoms with Crippen molar-refractivity contribution in [3.05, 3.63) is 52.9 Å². The number of nitrogens with zero attached hydrogens (tertiary/aromatic N) is 3. The van der Waals surface area contributed by atoms with Gasteiger partial charge in [-0.1, -0.05) is 11.6 Å². The van der Waals surface area contributed by atoms with Gasteiger partial charge >= 0.3 is 6.61 Å². The molecule has 1 fully saturated rings. The van der Waals surface area contributed by atoms with Gasteiger partial charge in [0.15, 0.2) is 11.7 Å². The largest absolute Gasteiger partial charge is 0.459 e. The van der Waals surface area contributed by atoms with E-state index >= 15 is 0 Å². The molecule has 3 rings (SSSR count). The molecule has 1 aromatic heterocycles. The molecule has 1 saturated heterocycles. The highest BCUT2D eigenvalue weighted by Crippen LogP contribution is 2.24. The van der Waals surface area contributed by atoms with Crippen LogP contribution in [0.15, 0.2) is 46.0 Å². The van der Waals surface area contributed by atoms with E-state index < -0.39 is 6.61 Å². The minimum Gasteiger partial charge on any atom is -0.459 e. The monoisotopic (exact) mass is 554 g/mol. The zero-order chi connectivity index (χ0) is 20.8. The SMILES string of the molecule is CN=C(NCc1cc(Cl)ccc1OC(F)F)N1CCN(C(=O)c2ccco2)CC1.I. The van der Waals surface area contributed by atoms with Gasteiger partial charge in [-0.2, -0.15) is 8.78 Å². The summed E-state index contributed by atoms with van der Waals surface area (Å²) < 4.78 is 34.9. The molecule has 1 aliphatic rings. The molecule has 2 aromatic rings. The first-order valence-electron chi connectivity index (χ1n) is 8.99. The summed E-state index contributed by atoms with van der Waals surface area (Å²) in [5.41, 5.74) is 0.491. The number of guanidine groups is 1. The van der Waals surface area contributed by atoms with E-state index in [0.717, 1.165) is 0 Å². The third-order valence-corrected chi connectivity index (χ3v) is 4.72. The first-order valence-corrected chi connectivity index (χ1v) is 9.37. The number of hydrogen-bond donors (Lipinski definition) is 1. The Morgan fingerprint density at radius 1 is 1.27 bits per heavy atom. The number of nitrogens with one attached hydrogen (secondary N) is 1. The van der Waals surface area contributed by atoms with Gasteiger partial charge in [0.1, 0.15) is 5.75 Å². The fourth-order valence-electron chi connectivity index (χ4n) is 3.08. The summed E-state index contributed by atoms with van der Waals surface area (Å²) in [5.74, 6) is 0.818. The molecule has 0 radical (unpaired) electrons. The van der Waals surface area contributed by atoms with Crippen LogP contribution in [0.4, 0.5) is 8.78 Å². The second-order valence-electron chi connectivity index (χ2n) is 6.29. The van der Waals surface area contributed by atoms with Crippen LogP contribution in [0.5, 0.6) is 5.75 Å². The van der Waals surface area contributed by atoms with Gasteiger partial charge in [-0.3, -0.25) is 9.79 Å². The zero-order valence-electron chi connectivity index (χ0n) is 16.2. The van der Waals surface area contributed by atoms with Crippen molar-refractivity contribution in [2.75, 3.05) is 33.2 Å². The number of carbonyl (C=O) groups is 1. The summed E-state index contributed by atoms with van der Waals surface area (Å²) in [6.07, 6.45) is 1.47. The molecule has 0 bridgehead atoms. The molecule has 0 aliphatic carbocycles. The number of benzene rings is 1. The highest BCUT2D eigenvalue weighted by molar-refractivity contribution is 14.0. The molecule has 0 unspecified atom stereocenters. The van der Waals surface area contributed by atoms with E-state index in [1.165, 1.54) is 18.4 Å². The summed E-state index contributed by atoms with van der Waals surface area (Å²) >= 11 is 5.98. The van der Waals surface area contributed by atoms with Crippen molar-refractivity contribution in [3.8, 4) is 5.75 Å². The number of piperazine rings is 1. The first-order chi connectivity index (χ1) is 14.0. The van der Waals surface area contributed by atoms with Crippen molar-refractivity contribution in [3.63, 3.8) is 0 Å². The average Bonchev–Trinajstić information content (AvgIpc) is 3.25. The first kappa shape index (κ1) is 24.2. The maximum Gasteiger partial charge on any atom is 0.387 e. The van der Waals surface area contributed by atoms with Crippen molar-refractivity contribution in [2.24, 2.45) is 4.99 Å². The van der Waals surface area contributed by atoms with E-state index in [9.17, 15) is 13.6 Å². The highest BCUT2D eigenvalue weighted by atomic mass is 127. The lowest BCUT2D eigenvalue weighted by atomic mass is 10.2. The van der Waals surface area contributed by atoms with Gasteiger partial charge in [-0.05, 0) is 30.3 Å². The number of carbonyl (C=O) groups excluding carboxylic acids is 1. The maximum absolute atomic E-state index is 12.6. The molecule has 164 valence electrons. The fraction of sp³-hybridized carbons (Fsp3) is 0.368. The summed E-state index contributed by atoms with van der Waals surface area (Å²) in [7, 11) is 1.64. The van der Waals surface area contributed by atoms with E-state index in [0.29, 0.717) is 48.5 Å². The molecular weight excluding hydrogens is 533 g/mol. The molecule has 1 N–H and O–H groups in total. The number of alkyl halides is 2. The van der Waals surface area contributed by atoms with Gasteiger partial charge in [0.25, 0.3) is 5.91 Å². The molecule has 0 saturated carbocycles. The molecule has 11 heteroatoms. The van der Waals surface area contributed by atoms with Crippen molar-refractivity contribution >= 4 is 47.4 Å². The molecule has 1 amide bonds. The molecule has 0 spiro atoms. The third-order valence-electron chi connectivity index (χ3n) is 4.49. The van der Waals surface area contributed by atoms with Crippen LogP contribution in [-0.2, 0) is 6.54 Å². The van der Waals surface area contributed by atoms with Crippen molar-refractivity contribution < 1.29 is 22.7 Å². The van der Waals surface area contributed by atoms with Gasteiger partial charge in [0, 0.05) is 50.4 Å². The number of halogens is 4. The summed E-state index contributed by atoms with van der Waals surface area (Å²) in [5, 5.41) is 3.56. The van der Waals surface area contributed by atoms with Gasteiger partial charge in [-0.25, -0.2) is 0 Å².